The van der Waals surface area contributed by atoms with Gasteiger partial charge in [-0.2, -0.15) is 0 Å². The fourth-order valence-electron chi connectivity index (χ4n) is 2.76. The lowest BCUT2D eigenvalue weighted by molar-refractivity contribution is -0.120. The third-order valence-electron chi connectivity index (χ3n) is 4.18. The van der Waals surface area contributed by atoms with E-state index in [1.54, 1.807) is 23.1 Å². The summed E-state index contributed by atoms with van der Waals surface area (Å²) in [5, 5.41) is 5.12. The van der Waals surface area contributed by atoms with Crippen LogP contribution in [-0.2, 0) is 4.79 Å². The molecular formula is C18H22N2OS2. The van der Waals surface area contributed by atoms with Gasteiger partial charge in [-0.05, 0) is 26.7 Å². The highest BCUT2D eigenvalue weighted by molar-refractivity contribution is 8.02. The number of carbonyl (C=O) groups excluding carboxylic acids is 1. The van der Waals surface area contributed by atoms with Crippen molar-refractivity contribution in [1.82, 2.24) is 10.3 Å². The van der Waals surface area contributed by atoms with Crippen LogP contribution >= 0.6 is 23.1 Å². The first kappa shape index (κ1) is 16.5. The van der Waals surface area contributed by atoms with E-state index in [0.717, 1.165) is 28.4 Å². The zero-order valence-electron chi connectivity index (χ0n) is 13.5. The summed E-state index contributed by atoms with van der Waals surface area (Å²) in [6, 6.07) is 8.76. The number of benzene rings is 1. The van der Waals surface area contributed by atoms with Gasteiger partial charge in [0, 0.05) is 17.0 Å². The Hall–Kier alpha value is -1.33. The summed E-state index contributed by atoms with van der Waals surface area (Å²) >= 11 is 3.16. The molecule has 5 heteroatoms. The molecule has 0 aliphatic heterocycles. The fourth-order valence-corrected chi connectivity index (χ4v) is 4.74. The van der Waals surface area contributed by atoms with Crippen molar-refractivity contribution < 1.29 is 4.79 Å². The summed E-state index contributed by atoms with van der Waals surface area (Å²) in [6.07, 6.45) is 4.72. The van der Waals surface area contributed by atoms with Crippen molar-refractivity contribution in [1.29, 1.82) is 0 Å². The predicted octanol–water partition coefficient (Wildman–Crippen LogP) is 4.66. The first-order valence-corrected chi connectivity index (χ1v) is 9.87. The molecule has 1 fully saturated rings. The number of nitrogens with one attached hydrogen (secondary N) is 1. The third kappa shape index (κ3) is 4.36. The lowest BCUT2D eigenvalue weighted by Gasteiger charge is -2.15. The SMILES string of the molecule is Cc1ccc(-c2csc(S[C@H](C)C(=O)NC3CCCC3)n2)cc1. The summed E-state index contributed by atoms with van der Waals surface area (Å²) in [5.74, 6) is 0.133. The molecule has 1 atom stereocenters. The molecule has 0 spiro atoms. The number of nitrogens with zero attached hydrogens (tertiary/aromatic N) is 1. The van der Waals surface area contributed by atoms with Crippen LogP contribution in [0.4, 0.5) is 0 Å². The van der Waals surface area contributed by atoms with Crippen LogP contribution in [0.15, 0.2) is 34.0 Å². The van der Waals surface area contributed by atoms with Crippen molar-refractivity contribution in [2.24, 2.45) is 0 Å². The number of aryl methyl sites for hydroxylation is 1. The molecule has 0 unspecified atom stereocenters. The molecule has 0 saturated heterocycles. The lowest BCUT2D eigenvalue weighted by Crippen LogP contribution is -2.37. The maximum absolute atomic E-state index is 12.3. The minimum atomic E-state index is -0.104. The third-order valence-corrected chi connectivity index (χ3v) is 6.25. The Morgan fingerprint density at radius 2 is 2.00 bits per heavy atom. The Morgan fingerprint density at radius 1 is 1.30 bits per heavy atom. The maximum Gasteiger partial charge on any atom is 0.233 e. The van der Waals surface area contributed by atoms with E-state index in [4.69, 9.17) is 0 Å². The molecule has 1 aromatic heterocycles. The van der Waals surface area contributed by atoms with Crippen LogP contribution in [0.25, 0.3) is 11.3 Å². The molecule has 0 radical (unpaired) electrons. The van der Waals surface area contributed by atoms with Gasteiger partial charge in [-0.3, -0.25) is 4.79 Å². The highest BCUT2D eigenvalue weighted by Crippen LogP contribution is 2.31. The van der Waals surface area contributed by atoms with Gasteiger partial charge in [0.25, 0.3) is 0 Å². The number of amides is 1. The van der Waals surface area contributed by atoms with Crippen LogP contribution in [0.5, 0.6) is 0 Å². The van der Waals surface area contributed by atoms with Crippen molar-refractivity contribution in [2.45, 2.75) is 55.2 Å². The van der Waals surface area contributed by atoms with Gasteiger partial charge in [0.15, 0.2) is 4.34 Å². The van der Waals surface area contributed by atoms with E-state index in [2.05, 4.69) is 46.9 Å². The maximum atomic E-state index is 12.3. The molecule has 0 bridgehead atoms. The average Bonchev–Trinajstić information content (AvgIpc) is 3.20. The zero-order chi connectivity index (χ0) is 16.2. The Bertz CT molecular complexity index is 660. The van der Waals surface area contributed by atoms with Crippen LogP contribution in [0.1, 0.15) is 38.2 Å². The lowest BCUT2D eigenvalue weighted by atomic mass is 10.1. The van der Waals surface area contributed by atoms with Crippen molar-refractivity contribution >= 4 is 29.0 Å². The van der Waals surface area contributed by atoms with E-state index < -0.39 is 0 Å². The van der Waals surface area contributed by atoms with Crippen molar-refractivity contribution in [3.05, 3.63) is 35.2 Å². The second-order valence-corrected chi connectivity index (χ2v) is 8.56. The second kappa shape index (κ2) is 7.49. The number of hydrogen-bond acceptors (Lipinski definition) is 4. The van der Waals surface area contributed by atoms with Crippen LogP contribution in [0, 0.1) is 6.92 Å². The molecule has 3 nitrogen and oxygen atoms in total. The molecule has 1 amide bonds. The number of aromatic nitrogens is 1. The summed E-state index contributed by atoms with van der Waals surface area (Å²) < 4.78 is 0.953. The largest absolute Gasteiger partial charge is 0.352 e. The first-order valence-electron chi connectivity index (χ1n) is 8.11. The predicted molar refractivity (Wildman–Crippen MR) is 98.0 cm³/mol. The van der Waals surface area contributed by atoms with Gasteiger partial charge in [0.2, 0.25) is 5.91 Å². The number of hydrogen-bond donors (Lipinski definition) is 1. The minimum absolute atomic E-state index is 0.104. The summed E-state index contributed by atoms with van der Waals surface area (Å²) in [6.45, 7) is 4.04. The fraction of sp³-hybridized carbons (Fsp3) is 0.444. The average molecular weight is 347 g/mol. The number of thiazole rings is 1. The standard InChI is InChI=1S/C18H22N2OS2/c1-12-7-9-14(10-8-12)16-11-22-18(20-16)23-13(2)17(21)19-15-5-3-4-6-15/h7-11,13,15H,3-6H2,1-2H3,(H,19,21)/t13-/m1/s1. The van der Waals surface area contributed by atoms with Gasteiger partial charge in [-0.1, -0.05) is 54.4 Å². The molecule has 1 saturated carbocycles. The normalized spacial score (nSPS) is 16.4. The van der Waals surface area contributed by atoms with Crippen molar-refractivity contribution in [2.75, 3.05) is 0 Å². The zero-order valence-corrected chi connectivity index (χ0v) is 15.2. The monoisotopic (exact) mass is 346 g/mol. The van der Waals surface area contributed by atoms with E-state index in [1.165, 1.54) is 18.4 Å². The number of rotatable bonds is 5. The Morgan fingerprint density at radius 3 is 2.70 bits per heavy atom. The molecule has 2 aromatic rings. The molecule has 1 N–H and O–H groups in total. The highest BCUT2D eigenvalue weighted by atomic mass is 32.2. The number of thioether (sulfide) groups is 1. The van der Waals surface area contributed by atoms with Gasteiger partial charge < -0.3 is 5.32 Å². The molecule has 1 aliphatic rings. The van der Waals surface area contributed by atoms with E-state index in [0.29, 0.717) is 6.04 Å². The van der Waals surface area contributed by atoms with E-state index >= 15 is 0 Å². The summed E-state index contributed by atoms with van der Waals surface area (Å²) in [7, 11) is 0. The Balaban J connectivity index is 1.59. The van der Waals surface area contributed by atoms with E-state index in [1.807, 2.05) is 6.92 Å². The van der Waals surface area contributed by atoms with Gasteiger partial charge >= 0.3 is 0 Å². The van der Waals surface area contributed by atoms with Gasteiger partial charge in [-0.15, -0.1) is 11.3 Å². The topological polar surface area (TPSA) is 42.0 Å². The summed E-state index contributed by atoms with van der Waals surface area (Å²) in [5.41, 5.74) is 3.36. The molecule has 122 valence electrons. The van der Waals surface area contributed by atoms with E-state index in [-0.39, 0.29) is 11.2 Å². The van der Waals surface area contributed by atoms with Gasteiger partial charge in [-0.25, -0.2) is 4.98 Å². The van der Waals surface area contributed by atoms with Gasteiger partial charge in [0.1, 0.15) is 0 Å². The quantitative estimate of drug-likeness (QED) is 0.801. The van der Waals surface area contributed by atoms with E-state index in [9.17, 15) is 4.79 Å². The number of carbonyl (C=O) groups is 1. The molecule has 1 heterocycles. The second-order valence-electron chi connectivity index (χ2n) is 6.11. The van der Waals surface area contributed by atoms with Crippen LogP contribution in [0.3, 0.4) is 0 Å². The highest BCUT2D eigenvalue weighted by Gasteiger charge is 2.22. The minimum Gasteiger partial charge on any atom is -0.352 e. The molecule has 1 aromatic carbocycles. The van der Waals surface area contributed by atoms with Crippen molar-refractivity contribution in [3.8, 4) is 11.3 Å². The van der Waals surface area contributed by atoms with Crippen LogP contribution in [0.2, 0.25) is 0 Å². The van der Waals surface area contributed by atoms with Crippen LogP contribution < -0.4 is 5.32 Å². The Labute approximate surface area is 145 Å². The molecular weight excluding hydrogens is 324 g/mol. The smallest absolute Gasteiger partial charge is 0.233 e. The summed E-state index contributed by atoms with van der Waals surface area (Å²) in [4.78, 5) is 16.9. The first-order chi connectivity index (χ1) is 11.1. The van der Waals surface area contributed by atoms with Crippen LogP contribution in [-0.4, -0.2) is 22.2 Å². The Kier molecular flexibility index (Phi) is 5.38. The molecule has 1 aliphatic carbocycles. The molecule has 23 heavy (non-hydrogen) atoms. The van der Waals surface area contributed by atoms with Crippen molar-refractivity contribution in [3.63, 3.8) is 0 Å². The van der Waals surface area contributed by atoms with Gasteiger partial charge in [0.05, 0.1) is 10.9 Å². The molecule has 3 rings (SSSR count).